The Balaban J connectivity index is 2.12. The number of nitrogens with one attached hydrogen (secondary N) is 1. The molecule has 2 aliphatic heterocycles. The Hall–Kier alpha value is 0.148. The summed E-state index contributed by atoms with van der Waals surface area (Å²) in [5, 5.41) is 3.36. The standard InChI is InChI=1S/C11H21AsN2O/c12-10(15)11(4-6-13-7-5-11)14-8-2-1-3-9-14/h13H,1-9,12H2. The van der Waals surface area contributed by atoms with Crippen LogP contribution in [0.15, 0.2) is 0 Å². The van der Waals surface area contributed by atoms with Crippen molar-refractivity contribution in [2.45, 2.75) is 37.6 Å². The summed E-state index contributed by atoms with van der Waals surface area (Å²) in [6.45, 7) is 4.28. The fourth-order valence-corrected chi connectivity index (χ4v) is 3.87. The maximum atomic E-state index is 12.0. The van der Waals surface area contributed by atoms with Gasteiger partial charge in [0.25, 0.3) is 0 Å². The summed E-state index contributed by atoms with van der Waals surface area (Å²) in [7, 11) is 0. The number of hydrogen-bond acceptors (Lipinski definition) is 3. The summed E-state index contributed by atoms with van der Waals surface area (Å²) in [6.07, 6.45) is 5.92. The number of carbonyl (C=O) groups is 1. The van der Waals surface area contributed by atoms with Gasteiger partial charge in [-0.1, -0.05) is 0 Å². The molecule has 0 aromatic carbocycles. The molecule has 0 radical (unpaired) electrons. The van der Waals surface area contributed by atoms with Gasteiger partial charge in [0, 0.05) is 0 Å². The van der Waals surface area contributed by atoms with Crippen LogP contribution in [0.2, 0.25) is 0 Å². The van der Waals surface area contributed by atoms with Gasteiger partial charge in [-0.05, 0) is 0 Å². The third-order valence-corrected chi connectivity index (χ3v) is 4.98. The van der Waals surface area contributed by atoms with E-state index in [1.165, 1.54) is 36.1 Å². The molecule has 0 aromatic heterocycles. The van der Waals surface area contributed by atoms with Gasteiger partial charge < -0.3 is 0 Å². The van der Waals surface area contributed by atoms with E-state index >= 15 is 0 Å². The van der Waals surface area contributed by atoms with Crippen molar-refractivity contribution in [2.24, 2.45) is 0 Å². The quantitative estimate of drug-likeness (QED) is 0.704. The first-order valence-corrected chi connectivity index (χ1v) is 7.22. The molecule has 0 bridgehead atoms. The Labute approximate surface area is 100 Å². The Kier molecular flexibility index (Phi) is 3.87. The van der Waals surface area contributed by atoms with E-state index in [1.807, 2.05) is 0 Å². The van der Waals surface area contributed by atoms with Gasteiger partial charge in [0.15, 0.2) is 0 Å². The van der Waals surface area contributed by atoms with Crippen LogP contribution >= 0.6 is 0 Å². The van der Waals surface area contributed by atoms with Crippen LogP contribution in [0.4, 0.5) is 0 Å². The summed E-state index contributed by atoms with van der Waals surface area (Å²) in [4.78, 5) is 14.5. The number of likely N-dealkylation sites (tertiary alicyclic amines) is 1. The van der Waals surface area contributed by atoms with Crippen molar-refractivity contribution in [3.05, 3.63) is 0 Å². The van der Waals surface area contributed by atoms with E-state index in [4.69, 9.17) is 0 Å². The van der Waals surface area contributed by atoms with Crippen LogP contribution < -0.4 is 5.32 Å². The van der Waals surface area contributed by atoms with Crippen molar-refractivity contribution in [1.29, 1.82) is 0 Å². The molecule has 0 saturated carbocycles. The van der Waals surface area contributed by atoms with Gasteiger partial charge in [-0.2, -0.15) is 0 Å². The minimum absolute atomic E-state index is 0.0916. The third kappa shape index (κ3) is 2.30. The van der Waals surface area contributed by atoms with E-state index in [-0.39, 0.29) is 5.54 Å². The molecule has 4 heteroatoms. The van der Waals surface area contributed by atoms with Gasteiger partial charge in [-0.3, -0.25) is 0 Å². The van der Waals surface area contributed by atoms with E-state index in [0.29, 0.717) is 4.57 Å². The first-order valence-electron chi connectivity index (χ1n) is 6.01. The topological polar surface area (TPSA) is 32.3 Å². The number of carbonyl (C=O) groups excluding carboxylic acids is 1. The second-order valence-electron chi connectivity index (χ2n) is 4.69. The van der Waals surface area contributed by atoms with Crippen molar-refractivity contribution in [3.8, 4) is 0 Å². The molecule has 1 unspecified atom stereocenters. The summed E-state index contributed by atoms with van der Waals surface area (Å²) in [6, 6.07) is 0. The molecule has 3 nitrogen and oxygen atoms in total. The van der Waals surface area contributed by atoms with Crippen LogP contribution in [0.25, 0.3) is 0 Å². The van der Waals surface area contributed by atoms with Crippen molar-refractivity contribution >= 4 is 21.4 Å². The van der Waals surface area contributed by atoms with E-state index in [9.17, 15) is 4.79 Å². The van der Waals surface area contributed by atoms with E-state index in [0.717, 1.165) is 39.0 Å². The summed E-state index contributed by atoms with van der Waals surface area (Å²) in [5.41, 5.74) is -0.0916. The molecule has 0 spiro atoms. The van der Waals surface area contributed by atoms with Gasteiger partial charge in [0.1, 0.15) is 0 Å². The summed E-state index contributed by atoms with van der Waals surface area (Å²) >= 11 is 1.30. The summed E-state index contributed by atoms with van der Waals surface area (Å²) < 4.78 is 0.443. The molecule has 2 fully saturated rings. The number of rotatable bonds is 2. The molecule has 2 saturated heterocycles. The van der Waals surface area contributed by atoms with Crippen LogP contribution in [0.5, 0.6) is 0 Å². The normalized spacial score (nSPS) is 27.5. The molecule has 0 aromatic rings. The molecule has 86 valence electrons. The van der Waals surface area contributed by atoms with Crippen molar-refractivity contribution in [2.75, 3.05) is 26.2 Å². The molecular weight excluding hydrogens is 251 g/mol. The van der Waals surface area contributed by atoms with Crippen molar-refractivity contribution in [1.82, 2.24) is 10.2 Å². The Bertz CT molecular complexity index is 233. The van der Waals surface area contributed by atoms with Gasteiger partial charge in [0.05, 0.1) is 0 Å². The number of hydrogen-bond donors (Lipinski definition) is 1. The van der Waals surface area contributed by atoms with Gasteiger partial charge in [0.2, 0.25) is 0 Å². The molecule has 2 rings (SSSR count). The van der Waals surface area contributed by atoms with Gasteiger partial charge >= 0.3 is 100 Å². The zero-order valence-corrected chi connectivity index (χ0v) is 11.7. The Morgan fingerprint density at radius 2 is 1.73 bits per heavy atom. The third-order valence-electron chi connectivity index (χ3n) is 3.85. The monoisotopic (exact) mass is 272 g/mol. The van der Waals surface area contributed by atoms with Crippen LogP contribution in [0, 0.1) is 0 Å². The van der Waals surface area contributed by atoms with E-state index in [1.54, 1.807) is 0 Å². The molecule has 2 heterocycles. The number of nitrogens with zero attached hydrogens (tertiary/aromatic N) is 1. The van der Waals surface area contributed by atoms with Crippen molar-refractivity contribution in [3.63, 3.8) is 0 Å². The van der Waals surface area contributed by atoms with Gasteiger partial charge in [-0.15, -0.1) is 0 Å². The molecule has 1 N–H and O–H groups in total. The van der Waals surface area contributed by atoms with E-state index in [2.05, 4.69) is 10.2 Å². The molecule has 2 aliphatic rings. The second-order valence-corrected chi connectivity index (χ2v) is 5.79. The molecule has 15 heavy (non-hydrogen) atoms. The predicted octanol–water partition coefficient (Wildman–Crippen LogP) is -0.246. The zero-order chi connectivity index (χ0) is 10.7. The minimum atomic E-state index is -0.0916. The van der Waals surface area contributed by atoms with Crippen molar-refractivity contribution < 1.29 is 4.79 Å². The average molecular weight is 272 g/mol. The number of piperidine rings is 2. The molecule has 0 aliphatic carbocycles. The van der Waals surface area contributed by atoms with E-state index < -0.39 is 0 Å². The fraction of sp³-hybridized carbons (Fsp3) is 0.909. The van der Waals surface area contributed by atoms with Crippen LogP contribution in [-0.2, 0) is 4.79 Å². The molecule has 1 atom stereocenters. The summed E-state index contributed by atoms with van der Waals surface area (Å²) in [5.74, 6) is 0. The first-order chi connectivity index (χ1) is 7.26. The fourth-order valence-electron chi connectivity index (χ4n) is 2.88. The van der Waals surface area contributed by atoms with Crippen LogP contribution in [0.1, 0.15) is 32.1 Å². The zero-order valence-electron chi connectivity index (χ0n) is 9.30. The molecular formula is C11H21AsN2O. The van der Waals surface area contributed by atoms with Crippen LogP contribution in [0.3, 0.4) is 0 Å². The maximum absolute atomic E-state index is 12.0. The van der Waals surface area contributed by atoms with Crippen LogP contribution in [-0.4, -0.2) is 58.0 Å². The molecule has 0 amide bonds. The predicted molar refractivity (Wildman–Crippen MR) is 63.8 cm³/mol. The SMILES string of the molecule is O=C([AsH2])C1(N2CCCCC2)CCNCC1. The average Bonchev–Trinajstić information content (AvgIpc) is 2.31. The van der Waals surface area contributed by atoms with Gasteiger partial charge in [-0.25, -0.2) is 0 Å². The second kappa shape index (κ2) is 4.99. The Morgan fingerprint density at radius 1 is 1.13 bits per heavy atom. The Morgan fingerprint density at radius 3 is 2.27 bits per heavy atom. The first kappa shape index (κ1) is 11.6.